The Hall–Kier alpha value is -1.43. The maximum atomic E-state index is 13.6. The molecular weight excluding hydrogens is 290 g/mol. The molecule has 1 unspecified atom stereocenters. The lowest BCUT2D eigenvalue weighted by molar-refractivity contribution is 0.536. The second kappa shape index (κ2) is 7.54. The molecule has 0 heterocycles. The molecule has 2 nitrogen and oxygen atoms in total. The molecule has 0 amide bonds. The SMILES string of the molecule is Cc1cccc(SCC(Cc2ccc(F)cc2F)NN)c1. The summed E-state index contributed by atoms with van der Waals surface area (Å²) in [5.41, 5.74) is 4.35. The summed E-state index contributed by atoms with van der Waals surface area (Å²) in [4.78, 5) is 1.15. The van der Waals surface area contributed by atoms with E-state index in [9.17, 15) is 8.78 Å². The molecule has 112 valence electrons. The van der Waals surface area contributed by atoms with Gasteiger partial charge in [0.25, 0.3) is 0 Å². The second-order valence-electron chi connectivity index (χ2n) is 4.93. The molecule has 5 heteroatoms. The Kier molecular flexibility index (Phi) is 5.73. The number of benzene rings is 2. The second-order valence-corrected chi connectivity index (χ2v) is 6.02. The average Bonchev–Trinajstić information content (AvgIpc) is 2.45. The van der Waals surface area contributed by atoms with Crippen LogP contribution < -0.4 is 11.3 Å². The van der Waals surface area contributed by atoms with Crippen LogP contribution in [0.25, 0.3) is 0 Å². The zero-order chi connectivity index (χ0) is 15.2. The van der Waals surface area contributed by atoms with Crippen molar-refractivity contribution in [2.45, 2.75) is 24.3 Å². The van der Waals surface area contributed by atoms with Crippen LogP contribution in [0.15, 0.2) is 47.4 Å². The van der Waals surface area contributed by atoms with E-state index in [-0.39, 0.29) is 6.04 Å². The van der Waals surface area contributed by atoms with Gasteiger partial charge in [-0.25, -0.2) is 8.78 Å². The number of aryl methyl sites for hydroxylation is 1. The molecule has 0 saturated carbocycles. The van der Waals surface area contributed by atoms with Crippen molar-refractivity contribution in [2.24, 2.45) is 5.84 Å². The summed E-state index contributed by atoms with van der Waals surface area (Å²) < 4.78 is 26.5. The minimum Gasteiger partial charge on any atom is -0.271 e. The normalized spacial score (nSPS) is 12.4. The lowest BCUT2D eigenvalue weighted by Crippen LogP contribution is -2.38. The molecule has 0 bridgehead atoms. The van der Waals surface area contributed by atoms with E-state index >= 15 is 0 Å². The smallest absolute Gasteiger partial charge is 0.129 e. The highest BCUT2D eigenvalue weighted by Crippen LogP contribution is 2.21. The Bertz CT molecular complexity index is 605. The van der Waals surface area contributed by atoms with Gasteiger partial charge in [0.05, 0.1) is 0 Å². The van der Waals surface area contributed by atoms with Crippen molar-refractivity contribution in [1.82, 2.24) is 5.43 Å². The Morgan fingerprint density at radius 3 is 2.67 bits per heavy atom. The molecule has 1 atom stereocenters. The summed E-state index contributed by atoms with van der Waals surface area (Å²) >= 11 is 1.66. The monoisotopic (exact) mass is 308 g/mol. The maximum Gasteiger partial charge on any atom is 0.129 e. The van der Waals surface area contributed by atoms with Gasteiger partial charge in [-0.3, -0.25) is 11.3 Å². The van der Waals surface area contributed by atoms with Crippen molar-refractivity contribution in [3.8, 4) is 0 Å². The molecule has 0 radical (unpaired) electrons. The van der Waals surface area contributed by atoms with Crippen LogP contribution in [0.5, 0.6) is 0 Å². The van der Waals surface area contributed by atoms with E-state index in [2.05, 4.69) is 11.5 Å². The van der Waals surface area contributed by atoms with Gasteiger partial charge in [-0.1, -0.05) is 23.8 Å². The fourth-order valence-electron chi connectivity index (χ4n) is 2.02. The summed E-state index contributed by atoms with van der Waals surface area (Å²) in [6.07, 6.45) is 0.418. The van der Waals surface area contributed by atoms with Gasteiger partial charge in [-0.2, -0.15) is 0 Å². The first-order valence-corrected chi connectivity index (χ1v) is 7.66. The van der Waals surface area contributed by atoms with E-state index in [1.807, 2.05) is 25.1 Å². The minimum absolute atomic E-state index is 0.0875. The van der Waals surface area contributed by atoms with E-state index in [0.29, 0.717) is 17.7 Å². The van der Waals surface area contributed by atoms with E-state index in [1.165, 1.54) is 17.7 Å². The van der Waals surface area contributed by atoms with Gasteiger partial charge in [-0.15, -0.1) is 11.8 Å². The third-order valence-corrected chi connectivity index (χ3v) is 4.31. The Labute approximate surface area is 127 Å². The molecule has 2 aromatic rings. The summed E-state index contributed by atoms with van der Waals surface area (Å²) in [5, 5.41) is 0. The van der Waals surface area contributed by atoms with Crippen LogP contribution in [0.3, 0.4) is 0 Å². The van der Waals surface area contributed by atoms with Crippen molar-refractivity contribution < 1.29 is 8.78 Å². The highest BCUT2D eigenvalue weighted by Gasteiger charge is 2.12. The largest absolute Gasteiger partial charge is 0.271 e. The van der Waals surface area contributed by atoms with Crippen LogP contribution in [0.2, 0.25) is 0 Å². The molecular formula is C16H18F2N2S. The fraction of sp³-hybridized carbons (Fsp3) is 0.250. The zero-order valence-electron chi connectivity index (χ0n) is 11.8. The van der Waals surface area contributed by atoms with Crippen LogP contribution in [-0.2, 0) is 6.42 Å². The highest BCUT2D eigenvalue weighted by atomic mass is 32.2. The molecule has 2 aromatic carbocycles. The number of nitrogens with one attached hydrogen (secondary N) is 1. The number of hydrogen-bond donors (Lipinski definition) is 2. The third-order valence-electron chi connectivity index (χ3n) is 3.16. The lowest BCUT2D eigenvalue weighted by Gasteiger charge is -2.16. The van der Waals surface area contributed by atoms with Crippen molar-refractivity contribution in [3.05, 3.63) is 65.2 Å². The number of hydrogen-bond acceptors (Lipinski definition) is 3. The van der Waals surface area contributed by atoms with Gasteiger partial charge < -0.3 is 0 Å². The number of hydrazine groups is 1. The van der Waals surface area contributed by atoms with Crippen LogP contribution in [0.1, 0.15) is 11.1 Å². The van der Waals surface area contributed by atoms with Gasteiger partial charge in [0.1, 0.15) is 11.6 Å². The van der Waals surface area contributed by atoms with Crippen LogP contribution in [-0.4, -0.2) is 11.8 Å². The van der Waals surface area contributed by atoms with E-state index in [4.69, 9.17) is 5.84 Å². The number of rotatable bonds is 6. The topological polar surface area (TPSA) is 38.0 Å². The zero-order valence-corrected chi connectivity index (χ0v) is 12.6. The minimum atomic E-state index is -0.567. The molecule has 3 N–H and O–H groups in total. The molecule has 0 fully saturated rings. The molecule has 21 heavy (non-hydrogen) atoms. The average molecular weight is 308 g/mol. The molecule has 0 aliphatic rings. The summed E-state index contributed by atoms with van der Waals surface area (Å²) in [7, 11) is 0. The Morgan fingerprint density at radius 1 is 1.19 bits per heavy atom. The first-order valence-electron chi connectivity index (χ1n) is 6.68. The summed E-state index contributed by atoms with van der Waals surface area (Å²) in [5.74, 6) is 5.14. The molecule has 0 aliphatic heterocycles. The van der Waals surface area contributed by atoms with Crippen LogP contribution in [0, 0.1) is 18.6 Å². The maximum absolute atomic E-state index is 13.6. The number of nitrogens with two attached hydrogens (primary N) is 1. The van der Waals surface area contributed by atoms with E-state index in [1.54, 1.807) is 11.8 Å². The van der Waals surface area contributed by atoms with Gasteiger partial charge >= 0.3 is 0 Å². The first-order chi connectivity index (χ1) is 10.1. The van der Waals surface area contributed by atoms with Crippen LogP contribution in [0.4, 0.5) is 8.78 Å². The predicted octanol–water partition coefficient (Wildman–Crippen LogP) is 3.44. The summed E-state index contributed by atoms with van der Waals surface area (Å²) in [6.45, 7) is 2.04. The number of halogens is 2. The first kappa shape index (κ1) is 15.9. The van der Waals surface area contributed by atoms with Gasteiger partial charge in [-0.05, 0) is 37.1 Å². The third kappa shape index (κ3) is 4.81. The van der Waals surface area contributed by atoms with Crippen molar-refractivity contribution in [2.75, 3.05) is 5.75 Å². The standard InChI is InChI=1S/C16H18F2N2S/c1-11-3-2-4-15(7-11)21-10-14(20-19)8-12-5-6-13(17)9-16(12)18/h2-7,9,14,20H,8,10,19H2,1H3. The molecule has 0 aromatic heterocycles. The number of thioether (sulfide) groups is 1. The van der Waals surface area contributed by atoms with Gasteiger partial charge in [0, 0.05) is 22.8 Å². The summed E-state index contributed by atoms with van der Waals surface area (Å²) in [6, 6.07) is 11.7. The Balaban J connectivity index is 1.97. The molecule has 2 rings (SSSR count). The highest BCUT2D eigenvalue weighted by molar-refractivity contribution is 7.99. The fourth-order valence-corrected chi connectivity index (χ4v) is 3.07. The molecule has 0 saturated heterocycles. The van der Waals surface area contributed by atoms with Crippen molar-refractivity contribution >= 4 is 11.8 Å². The van der Waals surface area contributed by atoms with Gasteiger partial charge in [0.15, 0.2) is 0 Å². The van der Waals surface area contributed by atoms with E-state index in [0.717, 1.165) is 11.0 Å². The van der Waals surface area contributed by atoms with Gasteiger partial charge in [0.2, 0.25) is 0 Å². The molecule has 0 spiro atoms. The predicted molar refractivity (Wildman–Crippen MR) is 83.1 cm³/mol. The Morgan fingerprint density at radius 2 is 2.00 bits per heavy atom. The molecule has 0 aliphatic carbocycles. The van der Waals surface area contributed by atoms with E-state index < -0.39 is 11.6 Å². The quantitative estimate of drug-likeness (QED) is 0.488. The van der Waals surface area contributed by atoms with Crippen molar-refractivity contribution in [1.29, 1.82) is 0 Å². The van der Waals surface area contributed by atoms with Crippen LogP contribution >= 0.6 is 11.8 Å². The van der Waals surface area contributed by atoms with Crippen molar-refractivity contribution in [3.63, 3.8) is 0 Å². The lowest BCUT2D eigenvalue weighted by atomic mass is 10.1.